The number of hydrogen-bond acceptors (Lipinski definition) is 3. The molecule has 3 rings (SSSR count). The summed E-state index contributed by atoms with van der Waals surface area (Å²) < 4.78 is 4.96. The number of aromatic nitrogens is 1. The normalized spacial score (nSPS) is 18.3. The van der Waals surface area contributed by atoms with Gasteiger partial charge in [0.25, 0.3) is 5.55 Å². The Labute approximate surface area is 68.4 Å². The van der Waals surface area contributed by atoms with E-state index >= 15 is 0 Å². The Morgan fingerprint density at radius 3 is 3.42 bits per heavy atom. The fourth-order valence-electron chi connectivity index (χ4n) is 1.53. The van der Waals surface area contributed by atoms with Crippen LogP contribution in [0.4, 0.5) is 0 Å². The first-order valence-corrected chi connectivity index (χ1v) is 3.85. The van der Waals surface area contributed by atoms with Crippen molar-refractivity contribution in [3.63, 3.8) is 0 Å². The van der Waals surface area contributed by atoms with E-state index in [1.807, 2.05) is 12.2 Å². The summed E-state index contributed by atoms with van der Waals surface area (Å²) >= 11 is 0. The van der Waals surface area contributed by atoms with Gasteiger partial charge in [-0.25, -0.2) is 4.99 Å². The first-order valence-electron chi connectivity index (χ1n) is 3.85. The van der Waals surface area contributed by atoms with Gasteiger partial charge in [-0.2, -0.15) is 0 Å². The van der Waals surface area contributed by atoms with E-state index in [0.717, 1.165) is 17.3 Å². The fourth-order valence-corrected chi connectivity index (χ4v) is 1.53. The highest BCUT2D eigenvalue weighted by Crippen LogP contribution is 2.21. The maximum Gasteiger partial charge on any atom is 0.258 e. The molecule has 1 aliphatic heterocycles. The third-order valence-corrected chi connectivity index (χ3v) is 2.12. The molecule has 0 radical (unpaired) electrons. The van der Waals surface area contributed by atoms with E-state index in [-0.39, 0.29) is 0 Å². The van der Waals surface area contributed by atoms with E-state index in [4.69, 9.17) is 4.52 Å². The van der Waals surface area contributed by atoms with Gasteiger partial charge in [0, 0.05) is 0 Å². The molecule has 12 heavy (non-hydrogen) atoms. The Morgan fingerprint density at radius 2 is 2.42 bits per heavy atom. The second-order valence-electron chi connectivity index (χ2n) is 2.82. The molecule has 3 heteroatoms. The zero-order valence-electron chi connectivity index (χ0n) is 6.32. The van der Waals surface area contributed by atoms with Crippen molar-refractivity contribution in [1.82, 2.24) is 5.16 Å². The highest BCUT2D eigenvalue weighted by molar-refractivity contribution is 5.68. The van der Waals surface area contributed by atoms with Gasteiger partial charge in [-0.05, 0) is 18.1 Å². The molecule has 0 aromatic carbocycles. The molecule has 0 spiro atoms. The molecule has 1 aromatic rings. The van der Waals surface area contributed by atoms with Crippen LogP contribution in [-0.4, -0.2) is 5.16 Å². The molecular weight excluding hydrogens is 152 g/mol. The summed E-state index contributed by atoms with van der Waals surface area (Å²) in [7, 11) is 0. The molecule has 2 heterocycles. The van der Waals surface area contributed by atoms with Gasteiger partial charge in [0.2, 0.25) is 0 Å². The second-order valence-corrected chi connectivity index (χ2v) is 2.82. The summed E-state index contributed by atoms with van der Waals surface area (Å²) in [5, 5.41) is 4.74. The maximum atomic E-state index is 4.96. The van der Waals surface area contributed by atoms with Gasteiger partial charge in [-0.1, -0.05) is 17.3 Å². The van der Waals surface area contributed by atoms with Crippen LogP contribution >= 0.6 is 0 Å². The van der Waals surface area contributed by atoms with Gasteiger partial charge in [-0.3, -0.25) is 0 Å². The molecule has 2 aliphatic rings. The zero-order chi connectivity index (χ0) is 7.97. The summed E-state index contributed by atoms with van der Waals surface area (Å²) in [5.74, 6) is 0. The number of nitrogens with zero attached hydrogens (tertiary/aromatic N) is 2. The lowest BCUT2D eigenvalue weighted by molar-refractivity contribution is 0.381. The minimum atomic E-state index is 0.653. The predicted octanol–water partition coefficient (Wildman–Crippen LogP) is 0.302. The van der Waals surface area contributed by atoms with Crippen LogP contribution in [0.5, 0.6) is 0 Å². The molecule has 0 fully saturated rings. The first kappa shape index (κ1) is 5.94. The quantitative estimate of drug-likeness (QED) is 0.544. The van der Waals surface area contributed by atoms with E-state index in [0.29, 0.717) is 5.55 Å². The van der Waals surface area contributed by atoms with Crippen molar-refractivity contribution in [3.05, 3.63) is 40.9 Å². The number of hydrogen-bond donors (Lipinski definition) is 0. The Hall–Kier alpha value is -1.64. The van der Waals surface area contributed by atoms with Crippen LogP contribution in [0.15, 0.2) is 39.6 Å². The van der Waals surface area contributed by atoms with Crippen LogP contribution in [0, 0.1) is 0 Å². The van der Waals surface area contributed by atoms with Crippen molar-refractivity contribution >= 4 is 5.57 Å². The molecule has 0 saturated heterocycles. The van der Waals surface area contributed by atoms with E-state index in [9.17, 15) is 0 Å². The van der Waals surface area contributed by atoms with Crippen molar-refractivity contribution < 1.29 is 4.52 Å². The van der Waals surface area contributed by atoms with Crippen molar-refractivity contribution in [2.45, 2.75) is 6.42 Å². The third kappa shape index (κ3) is 0.605. The van der Waals surface area contributed by atoms with Gasteiger partial charge >= 0.3 is 0 Å². The molecule has 1 aliphatic carbocycles. The van der Waals surface area contributed by atoms with E-state index in [2.05, 4.69) is 16.2 Å². The van der Waals surface area contributed by atoms with Crippen molar-refractivity contribution in [3.8, 4) is 0 Å². The molecular formula is C9H6N2O. The lowest BCUT2D eigenvalue weighted by Gasteiger charge is -2.02. The summed E-state index contributed by atoms with van der Waals surface area (Å²) in [6.07, 6.45) is 8.78. The Morgan fingerprint density at radius 1 is 1.42 bits per heavy atom. The van der Waals surface area contributed by atoms with E-state index in [1.165, 1.54) is 5.57 Å². The van der Waals surface area contributed by atoms with Crippen LogP contribution in [-0.2, 0) is 0 Å². The lowest BCUT2D eigenvalue weighted by Crippen LogP contribution is -2.17. The number of rotatable bonds is 0. The number of allylic oxidation sites excluding steroid dienone is 4. The maximum absolute atomic E-state index is 4.96. The topological polar surface area (TPSA) is 38.4 Å². The van der Waals surface area contributed by atoms with Crippen LogP contribution < -0.4 is 10.8 Å². The minimum absolute atomic E-state index is 0.653. The van der Waals surface area contributed by atoms with E-state index in [1.54, 1.807) is 6.20 Å². The summed E-state index contributed by atoms with van der Waals surface area (Å²) in [4.78, 5) is 4.28. The summed E-state index contributed by atoms with van der Waals surface area (Å²) in [6, 6.07) is 0. The largest absolute Gasteiger partial charge is 0.336 e. The molecule has 58 valence electrons. The summed E-state index contributed by atoms with van der Waals surface area (Å²) in [5.41, 5.74) is 2.90. The average molecular weight is 158 g/mol. The van der Waals surface area contributed by atoms with Gasteiger partial charge in [-0.15, -0.1) is 0 Å². The van der Waals surface area contributed by atoms with Crippen LogP contribution in [0.3, 0.4) is 0 Å². The second kappa shape index (κ2) is 1.94. The monoisotopic (exact) mass is 158 g/mol. The molecule has 0 atom stereocenters. The SMILES string of the molecule is C1=CCC2=c3cnoc3=NC2=C1. The molecule has 0 amide bonds. The first-order chi connectivity index (χ1) is 5.95. The Bertz CT molecular complexity index is 505. The predicted molar refractivity (Wildman–Crippen MR) is 42.5 cm³/mol. The zero-order valence-corrected chi connectivity index (χ0v) is 6.32. The molecule has 0 unspecified atom stereocenters. The van der Waals surface area contributed by atoms with Crippen molar-refractivity contribution in [2.24, 2.45) is 4.99 Å². The molecule has 0 N–H and O–H groups in total. The fraction of sp³-hybridized carbons (Fsp3) is 0.111. The highest BCUT2D eigenvalue weighted by atomic mass is 16.5. The molecule has 0 saturated carbocycles. The smallest absolute Gasteiger partial charge is 0.258 e. The highest BCUT2D eigenvalue weighted by Gasteiger charge is 2.15. The van der Waals surface area contributed by atoms with Gasteiger partial charge < -0.3 is 4.52 Å². The Kier molecular flexibility index (Phi) is 0.961. The van der Waals surface area contributed by atoms with Crippen molar-refractivity contribution in [2.75, 3.05) is 0 Å². The summed E-state index contributed by atoms with van der Waals surface area (Å²) in [6.45, 7) is 0. The van der Waals surface area contributed by atoms with Crippen LogP contribution in [0.25, 0.3) is 5.57 Å². The van der Waals surface area contributed by atoms with Gasteiger partial charge in [0.1, 0.15) is 0 Å². The third-order valence-electron chi connectivity index (χ3n) is 2.12. The van der Waals surface area contributed by atoms with Gasteiger partial charge in [0.15, 0.2) is 0 Å². The minimum Gasteiger partial charge on any atom is -0.336 e. The average Bonchev–Trinajstić information content (AvgIpc) is 2.62. The molecule has 3 nitrogen and oxygen atoms in total. The van der Waals surface area contributed by atoms with Crippen LogP contribution in [0.2, 0.25) is 0 Å². The van der Waals surface area contributed by atoms with Crippen molar-refractivity contribution in [1.29, 1.82) is 0 Å². The Balaban J connectivity index is 2.47. The van der Waals surface area contributed by atoms with Crippen LogP contribution in [0.1, 0.15) is 6.42 Å². The molecule has 1 aromatic heterocycles. The number of fused-ring (bicyclic) bond motifs is 2. The van der Waals surface area contributed by atoms with Gasteiger partial charge in [0.05, 0.1) is 17.1 Å². The molecule has 0 bridgehead atoms. The van der Waals surface area contributed by atoms with E-state index < -0.39 is 0 Å². The lowest BCUT2D eigenvalue weighted by atomic mass is 10.0. The standard InChI is InChI=1S/C9H6N2O/c1-2-4-8-6(3-1)7-5-10-12-9(7)11-8/h1-2,4-5H,3H2.